The molecule has 0 radical (unpaired) electrons. The summed E-state index contributed by atoms with van der Waals surface area (Å²) < 4.78 is 15.4. The largest absolute Gasteiger partial charge is 0.478 e. The van der Waals surface area contributed by atoms with Crippen molar-refractivity contribution in [3.05, 3.63) is 53.8 Å². The molecule has 5 heteroatoms. The summed E-state index contributed by atoms with van der Waals surface area (Å²) in [5.41, 5.74) is 2.04. The van der Waals surface area contributed by atoms with Crippen LogP contribution in [0.25, 0.3) is 32.8 Å². The van der Waals surface area contributed by atoms with Gasteiger partial charge >= 0.3 is 5.97 Å². The number of fused-ring (bicyclic) bond motifs is 4. The number of hydrogen-bond acceptors (Lipinski definition) is 2. The van der Waals surface area contributed by atoms with Gasteiger partial charge in [0.1, 0.15) is 11.5 Å². The molecule has 22 heavy (non-hydrogen) atoms. The predicted molar refractivity (Wildman–Crippen MR) is 82.6 cm³/mol. The van der Waals surface area contributed by atoms with Crippen LogP contribution >= 0.6 is 0 Å². The molecule has 0 atom stereocenters. The molecule has 0 saturated heterocycles. The fraction of sp³-hybridized carbons (Fsp3) is 0.0588. The number of para-hydroxylation sites is 1. The predicted octanol–water partition coefficient (Wildman–Crippen LogP) is 3.72. The number of carbonyl (C=O) groups is 1. The number of hydrogen-bond donors (Lipinski definition) is 1. The van der Waals surface area contributed by atoms with E-state index in [1.807, 2.05) is 35.9 Å². The molecule has 4 rings (SSSR count). The Morgan fingerprint density at radius 1 is 1.18 bits per heavy atom. The van der Waals surface area contributed by atoms with E-state index in [1.165, 1.54) is 18.2 Å². The first-order valence-corrected chi connectivity index (χ1v) is 6.77. The molecule has 0 aliphatic carbocycles. The van der Waals surface area contributed by atoms with Gasteiger partial charge in [0.15, 0.2) is 0 Å². The Balaban J connectivity index is 2.38. The highest BCUT2D eigenvalue weighted by Crippen LogP contribution is 2.34. The van der Waals surface area contributed by atoms with Crippen LogP contribution in [0.2, 0.25) is 0 Å². The van der Waals surface area contributed by atoms with Gasteiger partial charge in [-0.3, -0.25) is 0 Å². The van der Waals surface area contributed by atoms with E-state index in [1.54, 1.807) is 0 Å². The highest BCUT2D eigenvalue weighted by molar-refractivity contribution is 6.21. The van der Waals surface area contributed by atoms with Gasteiger partial charge in [-0.15, -0.1) is 0 Å². The van der Waals surface area contributed by atoms with Gasteiger partial charge < -0.3 is 9.67 Å². The molecule has 2 heterocycles. The van der Waals surface area contributed by atoms with Gasteiger partial charge in [-0.25, -0.2) is 14.2 Å². The van der Waals surface area contributed by atoms with Crippen LogP contribution in [-0.2, 0) is 7.05 Å². The van der Waals surface area contributed by atoms with E-state index in [0.29, 0.717) is 21.9 Å². The third-order valence-corrected chi connectivity index (χ3v) is 3.99. The third-order valence-electron chi connectivity index (χ3n) is 3.99. The average molecular weight is 294 g/mol. The molecule has 0 unspecified atom stereocenters. The average Bonchev–Trinajstić information content (AvgIpc) is 2.78. The van der Waals surface area contributed by atoms with Gasteiger partial charge in [-0.05, 0) is 24.3 Å². The molecular formula is C17H11FN2O2. The molecule has 2 aromatic carbocycles. The first-order chi connectivity index (χ1) is 10.6. The molecule has 4 nitrogen and oxygen atoms in total. The van der Waals surface area contributed by atoms with E-state index in [4.69, 9.17) is 0 Å². The van der Waals surface area contributed by atoms with E-state index in [9.17, 15) is 14.3 Å². The molecule has 108 valence electrons. The minimum Gasteiger partial charge on any atom is -0.478 e. The van der Waals surface area contributed by atoms with Gasteiger partial charge in [-0.1, -0.05) is 18.2 Å². The number of rotatable bonds is 1. The number of aromatic nitrogens is 2. The quantitative estimate of drug-likeness (QED) is 0.582. The summed E-state index contributed by atoms with van der Waals surface area (Å²) in [5, 5.41) is 11.3. The van der Waals surface area contributed by atoms with Crippen molar-refractivity contribution in [2.75, 3.05) is 0 Å². The summed E-state index contributed by atoms with van der Waals surface area (Å²) in [6.45, 7) is 0. The van der Waals surface area contributed by atoms with E-state index < -0.39 is 11.8 Å². The Morgan fingerprint density at radius 3 is 2.73 bits per heavy atom. The number of aromatic carboxylic acids is 1. The van der Waals surface area contributed by atoms with Crippen LogP contribution in [0.3, 0.4) is 0 Å². The highest BCUT2D eigenvalue weighted by atomic mass is 19.1. The van der Waals surface area contributed by atoms with Crippen LogP contribution in [0, 0.1) is 5.82 Å². The van der Waals surface area contributed by atoms with Crippen LogP contribution in [0.4, 0.5) is 4.39 Å². The zero-order valence-corrected chi connectivity index (χ0v) is 11.7. The third kappa shape index (κ3) is 1.56. The fourth-order valence-corrected chi connectivity index (χ4v) is 3.03. The molecule has 0 saturated carbocycles. The molecular weight excluding hydrogens is 283 g/mol. The molecule has 1 N–H and O–H groups in total. The van der Waals surface area contributed by atoms with Crippen molar-refractivity contribution in [2.24, 2.45) is 7.05 Å². The fourth-order valence-electron chi connectivity index (χ4n) is 3.03. The van der Waals surface area contributed by atoms with Gasteiger partial charge in [0, 0.05) is 23.2 Å². The van der Waals surface area contributed by atoms with Crippen molar-refractivity contribution in [3.8, 4) is 0 Å². The Bertz CT molecular complexity index is 1080. The Morgan fingerprint density at radius 2 is 1.95 bits per heavy atom. The van der Waals surface area contributed by atoms with E-state index in [-0.39, 0.29) is 5.56 Å². The summed E-state index contributed by atoms with van der Waals surface area (Å²) in [6.07, 6.45) is 0. The van der Waals surface area contributed by atoms with Gasteiger partial charge in [0.25, 0.3) is 0 Å². The highest BCUT2D eigenvalue weighted by Gasteiger charge is 2.21. The van der Waals surface area contributed by atoms with Crippen molar-refractivity contribution in [1.29, 1.82) is 0 Å². The number of halogens is 1. The van der Waals surface area contributed by atoms with Crippen molar-refractivity contribution < 1.29 is 14.3 Å². The zero-order valence-electron chi connectivity index (χ0n) is 11.7. The van der Waals surface area contributed by atoms with Gasteiger partial charge in [-0.2, -0.15) is 0 Å². The number of aryl methyl sites for hydroxylation is 1. The summed E-state index contributed by atoms with van der Waals surface area (Å²) in [6, 6.07) is 11.5. The Kier molecular flexibility index (Phi) is 2.48. The number of pyridine rings is 1. The summed E-state index contributed by atoms with van der Waals surface area (Å²) in [7, 11) is 1.85. The second-order valence-electron chi connectivity index (χ2n) is 5.23. The maximum atomic E-state index is 13.6. The van der Waals surface area contributed by atoms with Gasteiger partial charge in [0.2, 0.25) is 0 Å². The Labute approximate surface area is 124 Å². The summed E-state index contributed by atoms with van der Waals surface area (Å²) >= 11 is 0. The van der Waals surface area contributed by atoms with E-state index >= 15 is 0 Å². The lowest BCUT2D eigenvalue weighted by Gasteiger charge is -2.05. The Hall–Kier alpha value is -2.95. The lowest BCUT2D eigenvalue weighted by atomic mass is 10.0. The first-order valence-electron chi connectivity index (χ1n) is 6.77. The molecule has 2 aromatic heterocycles. The number of carboxylic acids is 1. The number of carboxylic acid groups (broad SMARTS) is 1. The SMILES string of the molecule is Cn1c2ccccc2c2c(C(=O)O)c3cc(F)ccc3nc21. The van der Waals surface area contributed by atoms with Crippen molar-refractivity contribution >= 4 is 38.8 Å². The lowest BCUT2D eigenvalue weighted by Crippen LogP contribution is -2.01. The summed E-state index contributed by atoms with van der Waals surface area (Å²) in [4.78, 5) is 16.4. The minimum atomic E-state index is -1.08. The molecule has 0 fully saturated rings. The lowest BCUT2D eigenvalue weighted by molar-refractivity contribution is 0.0701. The maximum absolute atomic E-state index is 13.6. The van der Waals surface area contributed by atoms with Crippen molar-refractivity contribution in [1.82, 2.24) is 9.55 Å². The maximum Gasteiger partial charge on any atom is 0.337 e. The number of benzene rings is 2. The molecule has 0 spiro atoms. The smallest absolute Gasteiger partial charge is 0.337 e. The zero-order chi connectivity index (χ0) is 15.4. The number of nitrogens with zero attached hydrogens (tertiary/aromatic N) is 2. The van der Waals surface area contributed by atoms with Gasteiger partial charge in [0.05, 0.1) is 16.6 Å². The van der Waals surface area contributed by atoms with Crippen LogP contribution in [0.1, 0.15) is 10.4 Å². The molecule has 0 aliphatic rings. The normalized spacial score (nSPS) is 11.5. The molecule has 0 amide bonds. The van der Waals surface area contributed by atoms with Crippen molar-refractivity contribution in [2.45, 2.75) is 0 Å². The van der Waals surface area contributed by atoms with Crippen LogP contribution in [-0.4, -0.2) is 20.6 Å². The monoisotopic (exact) mass is 294 g/mol. The van der Waals surface area contributed by atoms with Crippen LogP contribution in [0.15, 0.2) is 42.5 Å². The molecule has 0 aliphatic heterocycles. The van der Waals surface area contributed by atoms with Crippen LogP contribution < -0.4 is 0 Å². The second kappa shape index (κ2) is 4.27. The molecule has 4 aromatic rings. The first kappa shape index (κ1) is 12.8. The van der Waals surface area contributed by atoms with E-state index in [2.05, 4.69) is 4.98 Å². The minimum absolute atomic E-state index is 0.0938. The second-order valence-corrected chi connectivity index (χ2v) is 5.23. The van der Waals surface area contributed by atoms with Crippen LogP contribution in [0.5, 0.6) is 0 Å². The standard InChI is InChI=1S/C17H11FN2O2/c1-20-13-5-3-2-4-10(13)14-15(17(21)22)11-8-9(18)6-7-12(11)19-16(14)20/h2-8H,1H3,(H,21,22). The van der Waals surface area contributed by atoms with Crippen molar-refractivity contribution in [3.63, 3.8) is 0 Å². The summed E-state index contributed by atoms with van der Waals surface area (Å²) in [5.74, 6) is -1.56. The topological polar surface area (TPSA) is 55.1 Å². The van der Waals surface area contributed by atoms with E-state index in [0.717, 1.165) is 10.9 Å². The molecule has 0 bridgehead atoms.